The fourth-order valence-corrected chi connectivity index (χ4v) is 3.76. The first-order valence-corrected chi connectivity index (χ1v) is 10.7. The number of pyridine rings is 2. The number of nitrogens with zero attached hydrogens (tertiary/aromatic N) is 4. The number of para-hydroxylation sites is 1. The number of anilines is 5. The molecule has 0 aliphatic rings. The fourth-order valence-electron chi connectivity index (χ4n) is 3.76. The van der Waals surface area contributed by atoms with Crippen LogP contribution in [0.25, 0.3) is 22.0 Å². The van der Waals surface area contributed by atoms with E-state index in [9.17, 15) is 0 Å². The minimum atomic E-state index is 0.725. The molecule has 5 aromatic rings. The van der Waals surface area contributed by atoms with Crippen molar-refractivity contribution in [2.45, 2.75) is 6.92 Å². The van der Waals surface area contributed by atoms with Gasteiger partial charge in [0.2, 0.25) is 0 Å². The number of benzene rings is 2. The standard InChI is InChI=1S/C26H23N7/c1-17-10-11-20-19(12-14-29-25(20)32-18-7-4-3-5-8-18)24(17)33-26-21(9-6-13-28-26)22-15-23(27-2)31-16-30-22/h3-16H,1-2H3,(H,28,33)(H,29,32)(H,27,30,31). The van der Waals surface area contributed by atoms with Gasteiger partial charge in [-0.1, -0.05) is 30.3 Å². The molecule has 2 aromatic carbocycles. The van der Waals surface area contributed by atoms with Crippen molar-refractivity contribution in [3.05, 3.63) is 91.0 Å². The molecule has 162 valence electrons. The molecule has 3 aromatic heterocycles. The highest BCUT2D eigenvalue weighted by Crippen LogP contribution is 2.35. The van der Waals surface area contributed by atoms with Crippen LogP contribution in [0.3, 0.4) is 0 Å². The molecule has 5 rings (SSSR count). The van der Waals surface area contributed by atoms with Gasteiger partial charge in [0.15, 0.2) is 0 Å². The second-order valence-corrected chi connectivity index (χ2v) is 7.57. The molecule has 0 amide bonds. The van der Waals surface area contributed by atoms with E-state index in [4.69, 9.17) is 0 Å². The summed E-state index contributed by atoms with van der Waals surface area (Å²) >= 11 is 0. The highest BCUT2D eigenvalue weighted by molar-refractivity contribution is 6.03. The van der Waals surface area contributed by atoms with E-state index in [2.05, 4.69) is 54.9 Å². The Bertz CT molecular complexity index is 1420. The van der Waals surface area contributed by atoms with Crippen LogP contribution < -0.4 is 16.0 Å². The van der Waals surface area contributed by atoms with Crippen molar-refractivity contribution in [1.82, 2.24) is 19.9 Å². The van der Waals surface area contributed by atoms with Gasteiger partial charge in [0, 0.05) is 47.5 Å². The lowest BCUT2D eigenvalue weighted by Gasteiger charge is -2.17. The molecule has 7 nitrogen and oxygen atoms in total. The second kappa shape index (κ2) is 8.92. The lowest BCUT2D eigenvalue weighted by Crippen LogP contribution is -2.02. The van der Waals surface area contributed by atoms with Crippen LogP contribution >= 0.6 is 0 Å². The maximum atomic E-state index is 4.62. The molecule has 0 fully saturated rings. The zero-order valence-corrected chi connectivity index (χ0v) is 18.4. The first kappa shape index (κ1) is 20.4. The Morgan fingerprint density at radius 3 is 2.39 bits per heavy atom. The molecule has 0 radical (unpaired) electrons. The zero-order valence-electron chi connectivity index (χ0n) is 18.4. The molecular formula is C26H23N7. The molecule has 7 heteroatoms. The molecule has 3 N–H and O–H groups in total. The fraction of sp³-hybridized carbons (Fsp3) is 0.0769. The summed E-state index contributed by atoms with van der Waals surface area (Å²) in [6.07, 6.45) is 5.14. The van der Waals surface area contributed by atoms with Gasteiger partial charge in [-0.3, -0.25) is 0 Å². The van der Waals surface area contributed by atoms with Gasteiger partial charge in [-0.2, -0.15) is 0 Å². The Kier molecular flexibility index (Phi) is 5.51. The SMILES string of the molecule is CNc1cc(-c2cccnc2Nc2c(C)ccc3c(Nc4ccccc4)nccc23)ncn1. The van der Waals surface area contributed by atoms with E-state index in [1.807, 2.05) is 67.8 Å². The van der Waals surface area contributed by atoms with Crippen LogP contribution in [-0.4, -0.2) is 27.0 Å². The predicted molar refractivity (Wildman–Crippen MR) is 134 cm³/mol. The van der Waals surface area contributed by atoms with E-state index in [1.165, 1.54) is 0 Å². The average molecular weight is 434 g/mol. The van der Waals surface area contributed by atoms with Gasteiger partial charge in [-0.15, -0.1) is 0 Å². The van der Waals surface area contributed by atoms with Crippen LogP contribution in [0.1, 0.15) is 5.56 Å². The summed E-state index contributed by atoms with van der Waals surface area (Å²) in [5, 5.41) is 12.1. The normalized spacial score (nSPS) is 10.7. The van der Waals surface area contributed by atoms with E-state index in [0.717, 1.165) is 56.4 Å². The highest BCUT2D eigenvalue weighted by Gasteiger charge is 2.14. The highest BCUT2D eigenvalue weighted by atomic mass is 15.0. The van der Waals surface area contributed by atoms with E-state index >= 15 is 0 Å². The van der Waals surface area contributed by atoms with Crippen LogP contribution in [0.4, 0.5) is 28.8 Å². The van der Waals surface area contributed by atoms with Crippen LogP contribution in [0.2, 0.25) is 0 Å². The Labute approximate surface area is 192 Å². The van der Waals surface area contributed by atoms with Gasteiger partial charge in [0.05, 0.1) is 11.4 Å². The quantitative estimate of drug-likeness (QED) is 0.306. The molecular weight excluding hydrogens is 410 g/mol. The van der Waals surface area contributed by atoms with Crippen molar-refractivity contribution in [2.75, 3.05) is 23.0 Å². The first-order valence-electron chi connectivity index (χ1n) is 10.7. The summed E-state index contributed by atoms with van der Waals surface area (Å²) in [5.41, 5.74) is 4.76. The molecule has 0 atom stereocenters. The van der Waals surface area contributed by atoms with Crippen molar-refractivity contribution >= 4 is 39.6 Å². The monoisotopic (exact) mass is 433 g/mol. The Morgan fingerprint density at radius 1 is 0.697 bits per heavy atom. The lowest BCUT2D eigenvalue weighted by atomic mass is 10.0. The number of aryl methyl sites for hydroxylation is 1. The first-order chi connectivity index (χ1) is 16.2. The number of hydrogen-bond acceptors (Lipinski definition) is 7. The van der Waals surface area contributed by atoms with Crippen LogP contribution in [0.15, 0.2) is 85.5 Å². The molecule has 0 unspecified atom stereocenters. The van der Waals surface area contributed by atoms with Gasteiger partial charge in [-0.25, -0.2) is 19.9 Å². The van der Waals surface area contributed by atoms with E-state index in [1.54, 1.807) is 12.5 Å². The predicted octanol–water partition coefficient (Wildman–Crippen LogP) is 5.92. The molecule has 33 heavy (non-hydrogen) atoms. The minimum Gasteiger partial charge on any atom is -0.373 e. The molecule has 0 bridgehead atoms. The molecule has 3 heterocycles. The summed E-state index contributed by atoms with van der Waals surface area (Å²) in [5.74, 6) is 2.28. The van der Waals surface area contributed by atoms with Gasteiger partial charge in [0.1, 0.15) is 23.8 Å². The summed E-state index contributed by atoms with van der Waals surface area (Å²) < 4.78 is 0. The van der Waals surface area contributed by atoms with Gasteiger partial charge >= 0.3 is 0 Å². The van der Waals surface area contributed by atoms with Crippen molar-refractivity contribution in [3.63, 3.8) is 0 Å². The smallest absolute Gasteiger partial charge is 0.139 e. The topological polar surface area (TPSA) is 87.7 Å². The number of hydrogen-bond donors (Lipinski definition) is 3. The maximum Gasteiger partial charge on any atom is 0.139 e. The summed E-state index contributed by atoms with van der Waals surface area (Å²) in [7, 11) is 1.84. The number of nitrogens with one attached hydrogen (secondary N) is 3. The second-order valence-electron chi connectivity index (χ2n) is 7.57. The van der Waals surface area contributed by atoms with Gasteiger partial charge < -0.3 is 16.0 Å². The Morgan fingerprint density at radius 2 is 1.55 bits per heavy atom. The third kappa shape index (κ3) is 4.16. The third-order valence-electron chi connectivity index (χ3n) is 5.44. The van der Waals surface area contributed by atoms with Crippen molar-refractivity contribution in [3.8, 4) is 11.3 Å². The van der Waals surface area contributed by atoms with E-state index in [0.29, 0.717) is 0 Å². The van der Waals surface area contributed by atoms with Gasteiger partial charge in [0.25, 0.3) is 0 Å². The molecule has 0 saturated carbocycles. The molecule has 0 aliphatic heterocycles. The van der Waals surface area contributed by atoms with Crippen LogP contribution in [0.5, 0.6) is 0 Å². The van der Waals surface area contributed by atoms with Crippen molar-refractivity contribution < 1.29 is 0 Å². The zero-order chi connectivity index (χ0) is 22.6. The van der Waals surface area contributed by atoms with E-state index in [-0.39, 0.29) is 0 Å². The average Bonchev–Trinajstić information content (AvgIpc) is 2.87. The number of fused-ring (bicyclic) bond motifs is 1. The van der Waals surface area contributed by atoms with E-state index < -0.39 is 0 Å². The molecule has 0 saturated heterocycles. The number of aromatic nitrogens is 4. The summed E-state index contributed by atoms with van der Waals surface area (Å²) in [4.78, 5) is 17.9. The van der Waals surface area contributed by atoms with Crippen molar-refractivity contribution in [2.24, 2.45) is 0 Å². The Balaban J connectivity index is 1.58. The summed E-state index contributed by atoms with van der Waals surface area (Å²) in [6, 6.07) is 22.1. The lowest BCUT2D eigenvalue weighted by molar-refractivity contribution is 1.16. The largest absolute Gasteiger partial charge is 0.373 e. The maximum absolute atomic E-state index is 4.62. The molecule has 0 aliphatic carbocycles. The molecule has 0 spiro atoms. The third-order valence-corrected chi connectivity index (χ3v) is 5.44. The summed E-state index contributed by atoms with van der Waals surface area (Å²) in [6.45, 7) is 2.08. The van der Waals surface area contributed by atoms with Crippen LogP contribution in [-0.2, 0) is 0 Å². The Hall–Kier alpha value is -4.52. The van der Waals surface area contributed by atoms with Crippen molar-refractivity contribution in [1.29, 1.82) is 0 Å². The number of rotatable bonds is 6. The minimum absolute atomic E-state index is 0.725. The van der Waals surface area contributed by atoms with Gasteiger partial charge in [-0.05, 0) is 42.8 Å². The van der Waals surface area contributed by atoms with Crippen LogP contribution in [0, 0.1) is 6.92 Å².